The summed E-state index contributed by atoms with van der Waals surface area (Å²) in [5, 5.41) is 8.39. The molecule has 0 bridgehead atoms. The maximum Gasteiger partial charge on any atom is 0.0679 e. The molecular weight excluding hydrogens is 234 g/mol. The summed E-state index contributed by atoms with van der Waals surface area (Å²) >= 11 is 0. The van der Waals surface area contributed by atoms with Gasteiger partial charge >= 0.3 is 0 Å². The van der Waals surface area contributed by atoms with Crippen LogP contribution in [-0.2, 0) is 6.42 Å². The van der Waals surface area contributed by atoms with E-state index in [9.17, 15) is 0 Å². The smallest absolute Gasteiger partial charge is 0.0679 e. The van der Waals surface area contributed by atoms with Crippen molar-refractivity contribution < 1.29 is 0 Å². The molecule has 0 saturated heterocycles. The third-order valence-corrected chi connectivity index (χ3v) is 3.68. The number of benzene rings is 1. The lowest BCUT2D eigenvalue weighted by Gasteiger charge is -2.18. The third kappa shape index (κ3) is 2.66. The van der Waals surface area contributed by atoms with Gasteiger partial charge in [0, 0.05) is 0 Å². The number of rotatable bonds is 3. The van der Waals surface area contributed by atoms with Crippen LogP contribution in [0.5, 0.6) is 0 Å². The maximum atomic E-state index is 6.46. The second-order valence-corrected chi connectivity index (χ2v) is 5.01. The van der Waals surface area contributed by atoms with Gasteiger partial charge in [0.25, 0.3) is 0 Å². The average molecular weight is 255 g/mol. The van der Waals surface area contributed by atoms with Crippen LogP contribution in [0.2, 0.25) is 0 Å². The number of hydrogen-bond donors (Lipinski definition) is 1. The maximum absolute atomic E-state index is 6.46. The van der Waals surface area contributed by atoms with Gasteiger partial charge in [-0.15, -0.1) is 0 Å². The van der Waals surface area contributed by atoms with E-state index in [4.69, 9.17) is 5.73 Å². The number of nitrogens with zero attached hydrogens (tertiary/aromatic N) is 2. The van der Waals surface area contributed by atoms with E-state index in [1.807, 2.05) is 6.92 Å². The summed E-state index contributed by atoms with van der Waals surface area (Å²) in [6.07, 6.45) is 0.848. The molecule has 1 unspecified atom stereocenters. The van der Waals surface area contributed by atoms with Crippen LogP contribution in [-0.4, -0.2) is 10.2 Å². The Hall–Kier alpha value is -1.74. The van der Waals surface area contributed by atoms with Crippen molar-refractivity contribution in [2.45, 2.75) is 40.2 Å². The number of hydrogen-bond acceptors (Lipinski definition) is 3. The summed E-state index contributed by atoms with van der Waals surface area (Å²) in [4.78, 5) is 0. The minimum Gasteiger partial charge on any atom is -0.320 e. The Morgan fingerprint density at radius 3 is 2.53 bits per heavy atom. The van der Waals surface area contributed by atoms with Crippen LogP contribution in [0.4, 0.5) is 0 Å². The largest absolute Gasteiger partial charge is 0.320 e. The van der Waals surface area contributed by atoms with Gasteiger partial charge in [0.05, 0.1) is 17.4 Å². The first-order valence-corrected chi connectivity index (χ1v) is 6.69. The second-order valence-electron chi connectivity index (χ2n) is 5.01. The molecule has 2 rings (SSSR count). The number of nitrogens with two attached hydrogens (primary N) is 1. The highest BCUT2D eigenvalue weighted by Gasteiger charge is 2.16. The van der Waals surface area contributed by atoms with Crippen molar-refractivity contribution in [1.29, 1.82) is 0 Å². The van der Waals surface area contributed by atoms with Gasteiger partial charge in [0.2, 0.25) is 0 Å². The van der Waals surface area contributed by atoms with Gasteiger partial charge in [-0.05, 0) is 55.5 Å². The van der Waals surface area contributed by atoms with Crippen molar-refractivity contribution in [3.63, 3.8) is 0 Å². The summed E-state index contributed by atoms with van der Waals surface area (Å²) < 4.78 is 0. The minimum atomic E-state index is -0.135. The van der Waals surface area contributed by atoms with Crippen molar-refractivity contribution in [2.24, 2.45) is 5.73 Å². The lowest BCUT2D eigenvalue weighted by molar-refractivity contribution is 0.784. The highest BCUT2D eigenvalue weighted by Crippen LogP contribution is 2.26. The normalized spacial score (nSPS) is 12.5. The molecule has 1 atom stereocenters. The zero-order chi connectivity index (χ0) is 14.0. The monoisotopic (exact) mass is 255 g/mol. The van der Waals surface area contributed by atoms with Crippen LogP contribution in [0.15, 0.2) is 24.3 Å². The molecule has 0 spiro atoms. The predicted molar refractivity (Wildman–Crippen MR) is 78.1 cm³/mol. The molecule has 2 aromatic rings. The molecule has 2 N–H and O–H groups in total. The Bertz CT molecular complexity index is 591. The standard InChI is InChI=1S/C16H21N3/c1-5-15-14(9-11(3)18-19-15)16(17)13-8-6-7-10(2)12(13)4/h6-9,16H,5,17H2,1-4H3. The zero-order valence-corrected chi connectivity index (χ0v) is 12.1. The van der Waals surface area contributed by atoms with E-state index in [0.29, 0.717) is 0 Å². The second kappa shape index (κ2) is 5.49. The summed E-state index contributed by atoms with van der Waals surface area (Å²) in [5.74, 6) is 0. The van der Waals surface area contributed by atoms with E-state index in [0.717, 1.165) is 23.4 Å². The van der Waals surface area contributed by atoms with Crippen molar-refractivity contribution in [2.75, 3.05) is 0 Å². The van der Waals surface area contributed by atoms with Crippen LogP contribution in [0.1, 0.15) is 46.6 Å². The molecule has 3 nitrogen and oxygen atoms in total. The first-order valence-electron chi connectivity index (χ1n) is 6.69. The van der Waals surface area contributed by atoms with Crippen LogP contribution < -0.4 is 5.73 Å². The minimum absolute atomic E-state index is 0.135. The molecule has 0 fully saturated rings. The molecule has 3 heteroatoms. The Labute approximate surface area is 114 Å². The molecule has 0 aliphatic heterocycles. The zero-order valence-electron chi connectivity index (χ0n) is 12.1. The highest BCUT2D eigenvalue weighted by atomic mass is 15.1. The van der Waals surface area contributed by atoms with Gasteiger partial charge in [-0.25, -0.2) is 0 Å². The van der Waals surface area contributed by atoms with Gasteiger partial charge in [0.15, 0.2) is 0 Å². The van der Waals surface area contributed by atoms with Crippen molar-refractivity contribution >= 4 is 0 Å². The molecule has 0 amide bonds. The molecule has 0 saturated carbocycles. The van der Waals surface area contributed by atoms with Crippen molar-refractivity contribution in [1.82, 2.24) is 10.2 Å². The summed E-state index contributed by atoms with van der Waals surface area (Å²) in [7, 11) is 0. The Balaban J connectivity index is 2.52. The number of aryl methyl sites for hydroxylation is 3. The Morgan fingerprint density at radius 2 is 1.84 bits per heavy atom. The Morgan fingerprint density at radius 1 is 1.11 bits per heavy atom. The molecule has 100 valence electrons. The third-order valence-electron chi connectivity index (χ3n) is 3.68. The van der Waals surface area contributed by atoms with Gasteiger partial charge in [0.1, 0.15) is 0 Å². The van der Waals surface area contributed by atoms with Gasteiger partial charge in [-0.2, -0.15) is 10.2 Å². The fourth-order valence-corrected chi connectivity index (χ4v) is 2.36. The van der Waals surface area contributed by atoms with E-state index in [2.05, 4.69) is 55.2 Å². The van der Waals surface area contributed by atoms with Crippen molar-refractivity contribution in [3.05, 3.63) is 57.9 Å². The van der Waals surface area contributed by atoms with E-state index < -0.39 is 0 Å². The molecule has 0 aliphatic rings. The van der Waals surface area contributed by atoms with Gasteiger partial charge in [-0.3, -0.25) is 0 Å². The summed E-state index contributed by atoms with van der Waals surface area (Å²) in [6, 6.07) is 8.19. The average Bonchev–Trinajstić information content (AvgIpc) is 2.41. The van der Waals surface area contributed by atoms with E-state index >= 15 is 0 Å². The molecule has 19 heavy (non-hydrogen) atoms. The van der Waals surface area contributed by atoms with Gasteiger partial charge < -0.3 is 5.73 Å². The number of aromatic nitrogens is 2. The van der Waals surface area contributed by atoms with E-state index in [-0.39, 0.29) is 6.04 Å². The van der Waals surface area contributed by atoms with Crippen LogP contribution in [0.25, 0.3) is 0 Å². The summed E-state index contributed by atoms with van der Waals surface area (Å²) in [6.45, 7) is 8.27. The van der Waals surface area contributed by atoms with E-state index in [1.54, 1.807) is 0 Å². The highest BCUT2D eigenvalue weighted by molar-refractivity contribution is 5.41. The molecule has 0 radical (unpaired) electrons. The molecule has 1 heterocycles. The first kappa shape index (κ1) is 13.7. The van der Waals surface area contributed by atoms with Crippen LogP contribution in [0, 0.1) is 20.8 Å². The predicted octanol–water partition coefficient (Wildman–Crippen LogP) is 3.01. The van der Waals surface area contributed by atoms with Gasteiger partial charge in [-0.1, -0.05) is 25.1 Å². The quantitative estimate of drug-likeness (QED) is 0.917. The fraction of sp³-hybridized carbons (Fsp3) is 0.375. The molecule has 1 aromatic heterocycles. The Kier molecular flexibility index (Phi) is 3.96. The lowest BCUT2D eigenvalue weighted by atomic mass is 9.92. The first-order chi connectivity index (χ1) is 9.04. The molecular formula is C16H21N3. The fourth-order valence-electron chi connectivity index (χ4n) is 2.36. The topological polar surface area (TPSA) is 51.8 Å². The van der Waals surface area contributed by atoms with Crippen molar-refractivity contribution in [3.8, 4) is 0 Å². The molecule has 1 aromatic carbocycles. The van der Waals surface area contributed by atoms with Crippen LogP contribution in [0.3, 0.4) is 0 Å². The lowest BCUT2D eigenvalue weighted by Crippen LogP contribution is -2.17. The van der Waals surface area contributed by atoms with Crippen LogP contribution >= 0.6 is 0 Å². The SMILES string of the molecule is CCc1nnc(C)cc1C(N)c1cccc(C)c1C. The molecule has 0 aliphatic carbocycles. The summed E-state index contributed by atoms with van der Waals surface area (Å²) in [5.41, 5.74) is 13.1. The van der Waals surface area contributed by atoms with E-state index in [1.165, 1.54) is 16.7 Å².